The van der Waals surface area contributed by atoms with E-state index in [2.05, 4.69) is 16.0 Å². The number of aromatic carboxylic acids is 2. The van der Waals surface area contributed by atoms with Gasteiger partial charge in [-0.1, -0.05) is 0 Å². The molecule has 10 nitrogen and oxygen atoms in total. The van der Waals surface area contributed by atoms with Gasteiger partial charge in [0.25, 0.3) is 5.91 Å². The average Bonchev–Trinajstić information content (AvgIpc) is 2.85. The smallest absolute Gasteiger partial charge is 0.336 e. The van der Waals surface area contributed by atoms with Crippen LogP contribution >= 0.6 is 11.8 Å². The molecule has 0 aliphatic rings. The van der Waals surface area contributed by atoms with Crippen LogP contribution in [0.4, 0.5) is 17.1 Å². The molecule has 3 aromatic rings. The third-order valence-electron chi connectivity index (χ3n) is 5.01. The van der Waals surface area contributed by atoms with Crippen LogP contribution in [-0.2, 0) is 9.59 Å². The predicted molar refractivity (Wildman–Crippen MR) is 139 cm³/mol. The average molecular weight is 522 g/mol. The van der Waals surface area contributed by atoms with Gasteiger partial charge < -0.3 is 26.2 Å². The van der Waals surface area contributed by atoms with Crippen LogP contribution in [0.5, 0.6) is 0 Å². The number of hydrogen-bond donors (Lipinski definition) is 5. The fourth-order valence-corrected chi connectivity index (χ4v) is 4.08. The highest BCUT2D eigenvalue weighted by atomic mass is 32.2. The lowest BCUT2D eigenvalue weighted by Crippen LogP contribution is -2.22. The van der Waals surface area contributed by atoms with E-state index < -0.39 is 28.7 Å². The Morgan fingerprint density at radius 1 is 0.703 bits per heavy atom. The predicted octanol–water partition coefficient (Wildman–Crippen LogP) is 4.41. The fraction of sp³-hybridized carbons (Fsp3) is 0.115. The highest BCUT2D eigenvalue weighted by Crippen LogP contribution is 2.26. The Labute approximate surface area is 216 Å². The second-order valence-corrected chi connectivity index (χ2v) is 9.27. The molecule has 0 aromatic heterocycles. The highest BCUT2D eigenvalue weighted by Gasteiger charge is 2.19. The minimum Gasteiger partial charge on any atom is -0.478 e. The summed E-state index contributed by atoms with van der Waals surface area (Å²) in [6.45, 7) is 3.15. The van der Waals surface area contributed by atoms with E-state index in [9.17, 15) is 29.1 Å². The first-order chi connectivity index (χ1) is 17.5. The van der Waals surface area contributed by atoms with Gasteiger partial charge in [-0.05, 0) is 73.7 Å². The molecule has 0 radical (unpaired) electrons. The molecule has 0 heterocycles. The Hall–Kier alpha value is -4.64. The number of carbonyl (C=O) groups is 5. The van der Waals surface area contributed by atoms with Gasteiger partial charge >= 0.3 is 11.9 Å². The Morgan fingerprint density at radius 3 is 1.78 bits per heavy atom. The SMILES string of the molecule is CC(=O)Nc1ccc(NC(=O)C(C)Sc2ccc(NC(=O)c3ccc(C(=O)O)cc3C(=O)O)cc2)cc1. The van der Waals surface area contributed by atoms with Crippen molar-refractivity contribution in [3.05, 3.63) is 83.4 Å². The number of thioether (sulfide) groups is 1. The van der Waals surface area contributed by atoms with Gasteiger partial charge in [0.2, 0.25) is 11.8 Å². The Kier molecular flexibility index (Phi) is 8.64. The molecule has 0 aliphatic carbocycles. The van der Waals surface area contributed by atoms with Gasteiger partial charge in [-0.2, -0.15) is 0 Å². The van der Waals surface area contributed by atoms with Crippen LogP contribution < -0.4 is 16.0 Å². The highest BCUT2D eigenvalue weighted by molar-refractivity contribution is 8.00. The molecule has 0 fully saturated rings. The fourth-order valence-electron chi connectivity index (χ4n) is 3.21. The van der Waals surface area contributed by atoms with Crippen molar-refractivity contribution in [3.63, 3.8) is 0 Å². The molecular weight excluding hydrogens is 498 g/mol. The van der Waals surface area contributed by atoms with Crippen LogP contribution in [0, 0.1) is 0 Å². The van der Waals surface area contributed by atoms with Crippen LogP contribution in [0.3, 0.4) is 0 Å². The molecule has 5 N–H and O–H groups in total. The van der Waals surface area contributed by atoms with Gasteiger partial charge in [-0.15, -0.1) is 11.8 Å². The van der Waals surface area contributed by atoms with Gasteiger partial charge in [-0.3, -0.25) is 14.4 Å². The summed E-state index contributed by atoms with van der Waals surface area (Å²) in [4.78, 5) is 59.6. The molecule has 1 atom stereocenters. The van der Waals surface area contributed by atoms with Gasteiger partial charge in [-0.25, -0.2) is 9.59 Å². The Balaban J connectivity index is 1.60. The van der Waals surface area contributed by atoms with Gasteiger partial charge in [0.1, 0.15) is 0 Å². The number of benzene rings is 3. The molecular formula is C26H23N3O7S. The summed E-state index contributed by atoms with van der Waals surface area (Å²) in [6.07, 6.45) is 0. The molecule has 0 aliphatic heterocycles. The Morgan fingerprint density at radius 2 is 1.24 bits per heavy atom. The summed E-state index contributed by atoms with van der Waals surface area (Å²) in [7, 11) is 0. The van der Waals surface area contributed by atoms with Gasteiger partial charge in [0.15, 0.2) is 0 Å². The molecule has 0 saturated carbocycles. The molecule has 11 heteroatoms. The van der Waals surface area contributed by atoms with Crippen LogP contribution in [0.15, 0.2) is 71.6 Å². The van der Waals surface area contributed by atoms with E-state index in [1.54, 1.807) is 55.5 Å². The maximum absolute atomic E-state index is 12.6. The molecule has 0 bridgehead atoms. The number of carboxylic acid groups (broad SMARTS) is 2. The summed E-state index contributed by atoms with van der Waals surface area (Å²) in [6, 6.07) is 16.6. The van der Waals surface area contributed by atoms with Crippen molar-refractivity contribution < 1.29 is 34.2 Å². The number of carboxylic acids is 2. The molecule has 3 aromatic carbocycles. The van der Waals surface area contributed by atoms with Crippen LogP contribution in [0.2, 0.25) is 0 Å². The van der Waals surface area contributed by atoms with E-state index >= 15 is 0 Å². The van der Waals surface area contributed by atoms with E-state index in [4.69, 9.17) is 5.11 Å². The third kappa shape index (κ3) is 7.42. The standard InChI is InChI=1S/C26H23N3O7S/c1-14(23(31)28-18-6-4-17(5-7-18)27-15(2)30)37-20-10-8-19(9-11-20)29-24(32)21-12-3-16(25(33)34)13-22(21)26(35)36/h3-14H,1-2H3,(H,27,30)(H,28,31)(H,29,32)(H,33,34)(H,35,36). The van der Waals surface area contributed by atoms with Crippen LogP contribution in [-0.4, -0.2) is 45.1 Å². The number of rotatable bonds is 9. The first-order valence-corrected chi connectivity index (χ1v) is 11.8. The molecule has 0 saturated heterocycles. The molecule has 37 heavy (non-hydrogen) atoms. The van der Waals surface area contributed by atoms with Gasteiger partial charge in [0.05, 0.1) is 21.9 Å². The molecule has 3 amide bonds. The van der Waals surface area contributed by atoms with E-state index in [-0.39, 0.29) is 22.9 Å². The molecule has 190 valence electrons. The van der Waals surface area contributed by atoms with Crippen LogP contribution in [0.25, 0.3) is 0 Å². The number of anilines is 3. The number of amides is 3. The van der Waals surface area contributed by atoms with E-state index in [1.165, 1.54) is 18.7 Å². The Bertz CT molecular complexity index is 1360. The second kappa shape index (κ2) is 11.9. The lowest BCUT2D eigenvalue weighted by Gasteiger charge is -2.13. The quantitative estimate of drug-likeness (QED) is 0.259. The second-order valence-electron chi connectivity index (χ2n) is 7.86. The summed E-state index contributed by atoms with van der Waals surface area (Å²) in [5.74, 6) is -3.83. The zero-order valence-corrected chi connectivity index (χ0v) is 20.6. The monoisotopic (exact) mass is 521 g/mol. The summed E-state index contributed by atoms with van der Waals surface area (Å²) in [5.41, 5.74) is 0.763. The largest absolute Gasteiger partial charge is 0.478 e. The normalized spacial score (nSPS) is 11.2. The molecule has 0 spiro atoms. The van der Waals surface area contributed by atoms with E-state index in [1.807, 2.05) is 0 Å². The zero-order valence-electron chi connectivity index (χ0n) is 19.8. The topological polar surface area (TPSA) is 162 Å². The van der Waals surface area contributed by atoms with Crippen molar-refractivity contribution in [3.8, 4) is 0 Å². The van der Waals surface area contributed by atoms with E-state index in [0.717, 1.165) is 23.1 Å². The third-order valence-corrected chi connectivity index (χ3v) is 6.12. The maximum atomic E-state index is 12.6. The lowest BCUT2D eigenvalue weighted by atomic mass is 10.0. The van der Waals surface area contributed by atoms with Crippen molar-refractivity contribution in [2.75, 3.05) is 16.0 Å². The van der Waals surface area contributed by atoms with Crippen molar-refractivity contribution >= 4 is 58.5 Å². The number of nitrogens with one attached hydrogen (secondary N) is 3. The van der Waals surface area contributed by atoms with Crippen molar-refractivity contribution in [1.29, 1.82) is 0 Å². The van der Waals surface area contributed by atoms with Crippen LogP contribution in [0.1, 0.15) is 44.9 Å². The first kappa shape index (κ1) is 27.0. The summed E-state index contributed by atoms with van der Waals surface area (Å²) in [5, 5.41) is 26.0. The maximum Gasteiger partial charge on any atom is 0.336 e. The minimum absolute atomic E-state index is 0.175. The lowest BCUT2D eigenvalue weighted by molar-refractivity contribution is -0.115. The summed E-state index contributed by atoms with van der Waals surface area (Å²) < 4.78 is 0. The van der Waals surface area contributed by atoms with Crippen molar-refractivity contribution in [2.24, 2.45) is 0 Å². The van der Waals surface area contributed by atoms with Crippen molar-refractivity contribution in [1.82, 2.24) is 0 Å². The minimum atomic E-state index is -1.42. The first-order valence-electron chi connectivity index (χ1n) is 10.9. The summed E-state index contributed by atoms with van der Waals surface area (Å²) >= 11 is 1.30. The number of hydrogen-bond acceptors (Lipinski definition) is 6. The van der Waals surface area contributed by atoms with Gasteiger partial charge in [0, 0.05) is 28.9 Å². The zero-order chi connectivity index (χ0) is 27.1. The molecule has 3 rings (SSSR count). The number of carbonyl (C=O) groups excluding carboxylic acids is 3. The van der Waals surface area contributed by atoms with Crippen molar-refractivity contribution in [2.45, 2.75) is 24.0 Å². The van der Waals surface area contributed by atoms with E-state index in [0.29, 0.717) is 17.1 Å². The molecule has 1 unspecified atom stereocenters.